The van der Waals surface area contributed by atoms with Crippen LogP contribution in [0, 0.1) is 18.7 Å². The Morgan fingerprint density at radius 1 is 0.927 bits per heavy atom. The van der Waals surface area contributed by atoms with Gasteiger partial charge in [-0.3, -0.25) is 13.9 Å². The number of benzene rings is 3. The van der Waals surface area contributed by atoms with E-state index in [2.05, 4.69) is 5.32 Å². The maximum Gasteiger partial charge on any atom is 0.243 e. The molecule has 1 unspecified atom stereocenters. The van der Waals surface area contributed by atoms with Crippen LogP contribution in [0.3, 0.4) is 0 Å². The average Bonchev–Trinajstić information content (AvgIpc) is 2.92. The quantitative estimate of drug-likeness (QED) is 0.287. The van der Waals surface area contributed by atoms with E-state index in [0.29, 0.717) is 18.7 Å². The second-order valence-electron chi connectivity index (χ2n) is 10.8. The van der Waals surface area contributed by atoms with Crippen molar-refractivity contribution in [2.24, 2.45) is 5.92 Å². The lowest BCUT2D eigenvalue weighted by atomic mass is 10.0. The Kier molecular flexibility index (Phi) is 11.5. The van der Waals surface area contributed by atoms with Gasteiger partial charge in [0.05, 0.1) is 11.9 Å². The van der Waals surface area contributed by atoms with Gasteiger partial charge in [-0.2, -0.15) is 0 Å². The first-order chi connectivity index (χ1) is 19.4. The van der Waals surface area contributed by atoms with Crippen LogP contribution >= 0.6 is 0 Å². The van der Waals surface area contributed by atoms with E-state index in [0.717, 1.165) is 22.9 Å². The Labute approximate surface area is 243 Å². The van der Waals surface area contributed by atoms with Gasteiger partial charge in [0.2, 0.25) is 21.8 Å². The lowest BCUT2D eigenvalue weighted by Gasteiger charge is -2.32. The summed E-state index contributed by atoms with van der Waals surface area (Å²) in [5, 5.41) is 3.00. The van der Waals surface area contributed by atoms with Crippen molar-refractivity contribution in [3.8, 4) is 0 Å². The summed E-state index contributed by atoms with van der Waals surface area (Å²) in [6.45, 7) is 6.76. The predicted molar refractivity (Wildman–Crippen MR) is 161 cm³/mol. The van der Waals surface area contributed by atoms with Gasteiger partial charge in [0.25, 0.3) is 0 Å². The van der Waals surface area contributed by atoms with Crippen molar-refractivity contribution in [2.45, 2.75) is 52.6 Å². The van der Waals surface area contributed by atoms with Crippen LogP contribution in [0.2, 0.25) is 0 Å². The summed E-state index contributed by atoms with van der Waals surface area (Å²) in [6, 6.07) is 21.8. The molecule has 0 radical (unpaired) electrons. The predicted octanol–water partition coefficient (Wildman–Crippen LogP) is 5.09. The third-order valence-corrected chi connectivity index (χ3v) is 7.85. The van der Waals surface area contributed by atoms with Gasteiger partial charge in [-0.1, -0.05) is 74.0 Å². The average molecular weight is 582 g/mol. The minimum absolute atomic E-state index is 0.0295. The molecule has 2 amide bonds. The smallest absolute Gasteiger partial charge is 0.243 e. The second-order valence-corrected chi connectivity index (χ2v) is 12.7. The zero-order valence-electron chi connectivity index (χ0n) is 24.2. The number of rotatable bonds is 14. The number of nitrogens with zero attached hydrogens (tertiary/aromatic N) is 2. The lowest BCUT2D eigenvalue weighted by Crippen LogP contribution is -2.51. The maximum atomic E-state index is 13.8. The molecule has 0 bridgehead atoms. The summed E-state index contributed by atoms with van der Waals surface area (Å²) in [5.41, 5.74) is 3.20. The molecule has 0 heterocycles. The molecule has 1 atom stereocenters. The van der Waals surface area contributed by atoms with E-state index in [9.17, 15) is 22.4 Å². The van der Waals surface area contributed by atoms with E-state index in [-0.39, 0.29) is 43.7 Å². The summed E-state index contributed by atoms with van der Waals surface area (Å²) >= 11 is 0. The highest BCUT2D eigenvalue weighted by molar-refractivity contribution is 7.92. The van der Waals surface area contributed by atoms with Crippen LogP contribution in [0.5, 0.6) is 0 Å². The van der Waals surface area contributed by atoms with Crippen molar-refractivity contribution in [1.82, 2.24) is 10.2 Å². The van der Waals surface area contributed by atoms with Gasteiger partial charge in [-0.05, 0) is 54.7 Å². The summed E-state index contributed by atoms with van der Waals surface area (Å²) in [7, 11) is -3.67. The van der Waals surface area contributed by atoms with Gasteiger partial charge in [0.15, 0.2) is 0 Å². The molecule has 41 heavy (non-hydrogen) atoms. The maximum absolute atomic E-state index is 13.8. The van der Waals surface area contributed by atoms with Crippen LogP contribution in [0.1, 0.15) is 43.4 Å². The van der Waals surface area contributed by atoms with Crippen molar-refractivity contribution in [3.05, 3.63) is 101 Å². The fraction of sp³-hybridized carbons (Fsp3) is 0.375. The van der Waals surface area contributed by atoms with Crippen molar-refractivity contribution >= 4 is 27.5 Å². The number of carbonyl (C=O) groups is 2. The van der Waals surface area contributed by atoms with Crippen LogP contribution in [0.25, 0.3) is 0 Å². The number of amides is 2. The summed E-state index contributed by atoms with van der Waals surface area (Å²) in [5.74, 6) is -0.706. The fourth-order valence-electron chi connectivity index (χ4n) is 4.59. The molecule has 0 aromatic heterocycles. The molecule has 3 aromatic carbocycles. The van der Waals surface area contributed by atoms with Gasteiger partial charge in [0.1, 0.15) is 11.9 Å². The molecule has 220 valence electrons. The number of anilines is 1. The Hall–Kier alpha value is -3.72. The monoisotopic (exact) mass is 581 g/mol. The van der Waals surface area contributed by atoms with E-state index in [1.807, 2.05) is 75.4 Å². The van der Waals surface area contributed by atoms with Crippen LogP contribution in [0.15, 0.2) is 78.9 Å². The topological polar surface area (TPSA) is 86.8 Å². The van der Waals surface area contributed by atoms with Gasteiger partial charge < -0.3 is 10.2 Å². The van der Waals surface area contributed by atoms with Crippen molar-refractivity contribution in [3.63, 3.8) is 0 Å². The van der Waals surface area contributed by atoms with Gasteiger partial charge in [-0.25, -0.2) is 12.8 Å². The third-order valence-electron chi connectivity index (χ3n) is 6.66. The second kappa shape index (κ2) is 14.8. The normalized spacial score (nSPS) is 12.1. The minimum Gasteiger partial charge on any atom is -0.354 e. The molecule has 0 aliphatic rings. The molecule has 7 nitrogen and oxygen atoms in total. The van der Waals surface area contributed by atoms with E-state index in [1.165, 1.54) is 28.6 Å². The Bertz CT molecular complexity index is 1400. The van der Waals surface area contributed by atoms with E-state index in [4.69, 9.17) is 0 Å². The zero-order valence-corrected chi connectivity index (χ0v) is 25.0. The molecule has 0 saturated carbocycles. The van der Waals surface area contributed by atoms with Crippen molar-refractivity contribution in [2.75, 3.05) is 23.7 Å². The van der Waals surface area contributed by atoms with E-state index >= 15 is 0 Å². The highest BCUT2D eigenvalue weighted by Crippen LogP contribution is 2.21. The van der Waals surface area contributed by atoms with Gasteiger partial charge in [-0.15, -0.1) is 0 Å². The fourth-order valence-corrected chi connectivity index (χ4v) is 5.56. The molecule has 0 saturated heterocycles. The number of sulfonamides is 1. The third kappa shape index (κ3) is 10.0. The molecule has 3 aromatic rings. The first-order valence-electron chi connectivity index (χ1n) is 13.8. The molecule has 0 fully saturated rings. The summed E-state index contributed by atoms with van der Waals surface area (Å²) < 4.78 is 39.6. The number of carbonyl (C=O) groups excluding carboxylic acids is 2. The molecular formula is C32H40FN3O4S. The molecule has 1 N–H and O–H groups in total. The molecular weight excluding hydrogens is 541 g/mol. The Morgan fingerprint density at radius 3 is 2.20 bits per heavy atom. The largest absolute Gasteiger partial charge is 0.354 e. The lowest BCUT2D eigenvalue weighted by molar-refractivity contribution is -0.141. The van der Waals surface area contributed by atoms with Crippen LogP contribution in [-0.4, -0.2) is 50.5 Å². The van der Waals surface area contributed by atoms with E-state index < -0.39 is 21.9 Å². The number of nitrogens with one attached hydrogen (secondary N) is 1. The molecule has 9 heteroatoms. The summed E-state index contributed by atoms with van der Waals surface area (Å²) in [4.78, 5) is 29.0. The molecule has 0 spiro atoms. The first-order valence-corrected chi connectivity index (χ1v) is 15.7. The Morgan fingerprint density at radius 2 is 1.59 bits per heavy atom. The number of hydrogen-bond acceptors (Lipinski definition) is 4. The highest BCUT2D eigenvalue weighted by Gasteiger charge is 2.30. The number of halogens is 1. The Balaban J connectivity index is 1.87. The molecule has 0 aliphatic heterocycles. The minimum atomic E-state index is -3.67. The number of hydrogen-bond donors (Lipinski definition) is 1. The zero-order chi connectivity index (χ0) is 30.0. The van der Waals surface area contributed by atoms with Crippen LogP contribution in [-0.2, 0) is 32.6 Å². The van der Waals surface area contributed by atoms with Crippen LogP contribution in [0.4, 0.5) is 10.1 Å². The number of aryl methyl sites for hydroxylation is 1. The summed E-state index contributed by atoms with van der Waals surface area (Å²) in [6.07, 6.45) is 1.67. The van der Waals surface area contributed by atoms with Crippen molar-refractivity contribution in [1.29, 1.82) is 0 Å². The van der Waals surface area contributed by atoms with Gasteiger partial charge in [0, 0.05) is 32.5 Å². The highest BCUT2D eigenvalue weighted by atomic mass is 32.2. The van der Waals surface area contributed by atoms with Crippen molar-refractivity contribution < 1.29 is 22.4 Å². The van der Waals surface area contributed by atoms with Gasteiger partial charge >= 0.3 is 0 Å². The standard InChI is InChI=1S/C32H40FN3O4S/c1-24(2)22-34-32(38)30(21-26-11-6-5-7-12-26)35(23-27-13-8-10-25(3)20-27)31(37)14-9-19-36(41(4,39)40)29-17-15-28(33)16-18-29/h5-8,10-13,15-18,20,24,30H,9,14,19,21-23H2,1-4H3,(H,34,38). The SMILES string of the molecule is Cc1cccc(CN(C(=O)CCCN(c2ccc(F)cc2)S(C)(=O)=O)C(Cc2ccccc2)C(=O)NCC(C)C)c1. The molecule has 0 aliphatic carbocycles. The first kappa shape index (κ1) is 31.8. The van der Waals surface area contributed by atoms with E-state index in [1.54, 1.807) is 4.90 Å². The molecule has 3 rings (SSSR count). The van der Waals surface area contributed by atoms with Crippen LogP contribution < -0.4 is 9.62 Å².